The van der Waals surface area contributed by atoms with Gasteiger partial charge in [0.1, 0.15) is 0 Å². The van der Waals surface area contributed by atoms with Gasteiger partial charge in [0.25, 0.3) is 0 Å². The Balaban J connectivity index is 1.96. The van der Waals surface area contributed by atoms with Gasteiger partial charge in [0.2, 0.25) is 10.0 Å². The standard InChI is InChI=1S/C25H26ClN3O2S/c1-18-17-28-15-13-22(18)20-8-6-9-21(16-20)24(11-4-3-5-14-27)29-32(30,31)25-12-7-10-23(26)19(25)2/h6-10,12-13,15-17,24,29H,3-5,11H2,1-2H3. The molecule has 1 unspecified atom stereocenters. The highest BCUT2D eigenvalue weighted by Gasteiger charge is 2.24. The number of benzene rings is 2. The lowest BCUT2D eigenvalue weighted by atomic mass is 9.96. The fourth-order valence-electron chi connectivity index (χ4n) is 3.70. The molecule has 0 fully saturated rings. The third kappa shape index (κ3) is 5.74. The Morgan fingerprint density at radius 3 is 2.66 bits per heavy atom. The van der Waals surface area contributed by atoms with Crippen LogP contribution in [0.2, 0.25) is 5.02 Å². The molecular weight excluding hydrogens is 442 g/mol. The van der Waals surface area contributed by atoms with Crippen LogP contribution in [-0.2, 0) is 10.0 Å². The number of pyridine rings is 1. The van der Waals surface area contributed by atoms with Crippen LogP contribution in [0.3, 0.4) is 0 Å². The van der Waals surface area contributed by atoms with E-state index in [0.717, 1.165) is 28.7 Å². The van der Waals surface area contributed by atoms with Crippen molar-refractivity contribution in [2.24, 2.45) is 0 Å². The van der Waals surface area contributed by atoms with Crippen molar-refractivity contribution >= 4 is 21.6 Å². The van der Waals surface area contributed by atoms with E-state index in [2.05, 4.69) is 15.8 Å². The fraction of sp³-hybridized carbons (Fsp3) is 0.280. The number of nitrogens with one attached hydrogen (secondary N) is 1. The van der Waals surface area contributed by atoms with Crippen LogP contribution in [0.1, 0.15) is 48.4 Å². The van der Waals surface area contributed by atoms with Gasteiger partial charge in [0.15, 0.2) is 0 Å². The average Bonchev–Trinajstić information content (AvgIpc) is 2.78. The summed E-state index contributed by atoms with van der Waals surface area (Å²) < 4.78 is 29.4. The molecule has 0 spiro atoms. The number of halogens is 1. The number of unbranched alkanes of at least 4 members (excludes halogenated alkanes) is 2. The number of hydrogen-bond acceptors (Lipinski definition) is 4. The van der Waals surface area contributed by atoms with E-state index < -0.39 is 16.1 Å². The molecule has 5 nitrogen and oxygen atoms in total. The maximum absolute atomic E-state index is 13.3. The van der Waals surface area contributed by atoms with Crippen molar-refractivity contribution in [2.45, 2.75) is 50.5 Å². The van der Waals surface area contributed by atoms with E-state index in [4.69, 9.17) is 16.9 Å². The Kier molecular flexibility index (Phi) is 8.03. The maximum Gasteiger partial charge on any atom is 0.241 e. The molecule has 0 aliphatic rings. The van der Waals surface area contributed by atoms with Crippen LogP contribution in [0, 0.1) is 25.2 Å². The van der Waals surface area contributed by atoms with Crippen molar-refractivity contribution in [3.05, 3.63) is 82.6 Å². The molecule has 0 amide bonds. The minimum Gasteiger partial charge on any atom is -0.264 e. The van der Waals surface area contributed by atoms with Gasteiger partial charge >= 0.3 is 0 Å². The van der Waals surface area contributed by atoms with Gasteiger partial charge in [-0.25, -0.2) is 13.1 Å². The first-order chi connectivity index (χ1) is 15.3. The average molecular weight is 468 g/mol. The number of aromatic nitrogens is 1. The lowest BCUT2D eigenvalue weighted by Gasteiger charge is -2.21. The number of hydrogen-bond donors (Lipinski definition) is 1. The summed E-state index contributed by atoms with van der Waals surface area (Å²) in [4.78, 5) is 4.33. The number of rotatable bonds is 9. The van der Waals surface area contributed by atoms with E-state index in [1.807, 2.05) is 43.5 Å². The first-order valence-corrected chi connectivity index (χ1v) is 12.3. The van der Waals surface area contributed by atoms with Gasteiger partial charge in [-0.15, -0.1) is 0 Å². The van der Waals surface area contributed by atoms with Crippen LogP contribution in [0.25, 0.3) is 11.1 Å². The minimum atomic E-state index is -3.80. The fourth-order valence-corrected chi connectivity index (χ4v) is 5.45. The highest BCUT2D eigenvalue weighted by Crippen LogP contribution is 2.30. The van der Waals surface area contributed by atoms with Crippen molar-refractivity contribution in [3.8, 4) is 17.2 Å². The van der Waals surface area contributed by atoms with Gasteiger partial charge in [0.05, 0.1) is 11.0 Å². The van der Waals surface area contributed by atoms with Crippen LogP contribution in [0.15, 0.2) is 65.8 Å². The molecule has 0 radical (unpaired) electrons. The lowest BCUT2D eigenvalue weighted by Crippen LogP contribution is -2.29. The largest absolute Gasteiger partial charge is 0.264 e. The van der Waals surface area contributed by atoms with Crippen molar-refractivity contribution in [2.75, 3.05) is 0 Å². The normalized spacial score (nSPS) is 12.3. The maximum atomic E-state index is 13.3. The van der Waals surface area contributed by atoms with Crippen LogP contribution in [-0.4, -0.2) is 13.4 Å². The van der Waals surface area contributed by atoms with Gasteiger partial charge in [-0.1, -0.05) is 42.3 Å². The summed E-state index contributed by atoms with van der Waals surface area (Å²) in [5.41, 5.74) is 4.50. The summed E-state index contributed by atoms with van der Waals surface area (Å²) in [6, 6.07) is 16.4. The number of nitrogens with zero attached hydrogens (tertiary/aromatic N) is 2. The smallest absolute Gasteiger partial charge is 0.241 e. The van der Waals surface area contributed by atoms with Crippen molar-refractivity contribution in [3.63, 3.8) is 0 Å². The molecular formula is C25H26ClN3O2S. The molecule has 0 aliphatic heterocycles. The summed E-state index contributed by atoms with van der Waals surface area (Å²) in [7, 11) is -3.80. The summed E-state index contributed by atoms with van der Waals surface area (Å²) in [5.74, 6) is 0. The summed E-state index contributed by atoms with van der Waals surface area (Å²) in [6.45, 7) is 3.70. The quantitative estimate of drug-likeness (QED) is 0.384. The van der Waals surface area contributed by atoms with Gasteiger partial charge in [-0.2, -0.15) is 5.26 Å². The molecule has 3 rings (SSSR count). The minimum absolute atomic E-state index is 0.174. The van der Waals surface area contributed by atoms with Gasteiger partial charge < -0.3 is 0 Å². The summed E-state index contributed by atoms with van der Waals surface area (Å²) in [6.07, 6.45) is 6.04. The lowest BCUT2D eigenvalue weighted by molar-refractivity contribution is 0.521. The van der Waals surface area contributed by atoms with E-state index in [1.54, 1.807) is 31.3 Å². The molecule has 1 N–H and O–H groups in total. The predicted octanol–water partition coefficient (Wildman–Crippen LogP) is 6.12. The SMILES string of the molecule is Cc1cnccc1-c1cccc(C(CCCCC#N)NS(=O)(=O)c2cccc(Cl)c2C)c1. The zero-order chi connectivity index (χ0) is 23.1. The van der Waals surface area contributed by atoms with E-state index in [0.29, 0.717) is 29.8 Å². The number of nitriles is 1. The monoisotopic (exact) mass is 467 g/mol. The molecule has 0 saturated carbocycles. The highest BCUT2D eigenvalue weighted by atomic mass is 35.5. The zero-order valence-corrected chi connectivity index (χ0v) is 19.7. The highest BCUT2D eigenvalue weighted by molar-refractivity contribution is 7.89. The Morgan fingerprint density at radius 2 is 1.91 bits per heavy atom. The molecule has 0 bridgehead atoms. The topological polar surface area (TPSA) is 82.8 Å². The second-order valence-corrected chi connectivity index (χ2v) is 9.85. The van der Waals surface area contributed by atoms with Crippen molar-refractivity contribution in [1.29, 1.82) is 5.26 Å². The van der Waals surface area contributed by atoms with Crippen molar-refractivity contribution in [1.82, 2.24) is 9.71 Å². The molecule has 7 heteroatoms. The number of sulfonamides is 1. The van der Waals surface area contributed by atoms with E-state index in [-0.39, 0.29) is 4.90 Å². The van der Waals surface area contributed by atoms with E-state index >= 15 is 0 Å². The van der Waals surface area contributed by atoms with Gasteiger partial charge in [-0.3, -0.25) is 4.98 Å². The number of aryl methyl sites for hydroxylation is 1. The summed E-state index contributed by atoms with van der Waals surface area (Å²) in [5, 5.41) is 9.26. The molecule has 32 heavy (non-hydrogen) atoms. The van der Waals surface area contributed by atoms with Crippen LogP contribution >= 0.6 is 11.6 Å². The molecule has 0 aliphatic carbocycles. The van der Waals surface area contributed by atoms with Crippen LogP contribution in [0.4, 0.5) is 0 Å². The van der Waals surface area contributed by atoms with Gasteiger partial charge in [-0.05, 0) is 78.8 Å². The zero-order valence-electron chi connectivity index (χ0n) is 18.2. The third-order valence-corrected chi connectivity index (χ3v) is 7.48. The molecule has 166 valence electrons. The Hall–Kier alpha value is -2.72. The molecule has 2 aromatic carbocycles. The van der Waals surface area contributed by atoms with E-state index in [9.17, 15) is 8.42 Å². The molecule has 1 atom stereocenters. The summed E-state index contributed by atoms with van der Waals surface area (Å²) >= 11 is 6.17. The first-order valence-electron chi connectivity index (χ1n) is 10.5. The second-order valence-electron chi connectivity index (χ2n) is 7.76. The Morgan fingerprint density at radius 1 is 1.12 bits per heavy atom. The second kappa shape index (κ2) is 10.7. The molecule has 0 saturated heterocycles. The van der Waals surface area contributed by atoms with Crippen molar-refractivity contribution < 1.29 is 8.42 Å². The van der Waals surface area contributed by atoms with E-state index in [1.165, 1.54) is 0 Å². The predicted molar refractivity (Wildman–Crippen MR) is 128 cm³/mol. The Bertz CT molecular complexity index is 1240. The van der Waals surface area contributed by atoms with Gasteiger partial charge in [0, 0.05) is 29.9 Å². The molecule has 1 heterocycles. The molecule has 3 aromatic rings. The first kappa shape index (κ1) is 23.9. The molecule has 1 aromatic heterocycles. The third-order valence-electron chi connectivity index (χ3n) is 5.46. The van der Waals surface area contributed by atoms with Crippen LogP contribution < -0.4 is 4.72 Å². The Labute approximate surface area is 195 Å². The van der Waals surface area contributed by atoms with Crippen LogP contribution in [0.5, 0.6) is 0 Å².